The summed E-state index contributed by atoms with van der Waals surface area (Å²) in [4.78, 5) is 6.28. The molecule has 1 aliphatic rings. The van der Waals surface area contributed by atoms with E-state index in [-0.39, 0.29) is 9.92 Å². The molecule has 9 heteroatoms. The van der Waals surface area contributed by atoms with Crippen LogP contribution >= 0.6 is 23.2 Å². The number of hydrogen-bond acceptors (Lipinski definition) is 5. The van der Waals surface area contributed by atoms with Crippen LogP contribution in [0.15, 0.2) is 41.4 Å². The third-order valence-corrected chi connectivity index (χ3v) is 6.61. The van der Waals surface area contributed by atoms with E-state index in [2.05, 4.69) is 11.1 Å². The van der Waals surface area contributed by atoms with E-state index in [1.165, 1.54) is 22.5 Å². The zero-order valence-corrected chi connectivity index (χ0v) is 15.4. The average Bonchev–Trinajstić information content (AvgIpc) is 2.64. The van der Waals surface area contributed by atoms with Gasteiger partial charge < -0.3 is 4.90 Å². The lowest BCUT2D eigenvalue weighted by atomic mass is 10.2. The Kier molecular flexibility index (Phi) is 5.16. The molecular weight excluding hydrogens is 383 g/mol. The summed E-state index contributed by atoms with van der Waals surface area (Å²) in [5, 5.41) is 9.69. The Morgan fingerprint density at radius 1 is 1.08 bits per heavy atom. The molecule has 0 spiro atoms. The van der Waals surface area contributed by atoms with Crippen LogP contribution in [0, 0.1) is 11.3 Å². The van der Waals surface area contributed by atoms with E-state index in [1.54, 1.807) is 18.3 Å². The summed E-state index contributed by atoms with van der Waals surface area (Å²) in [6, 6.07) is 9.78. The smallest absolute Gasteiger partial charge is 0.243 e. The summed E-state index contributed by atoms with van der Waals surface area (Å²) in [5.41, 5.74) is 0.475. The molecule has 1 saturated heterocycles. The van der Waals surface area contributed by atoms with Gasteiger partial charge in [-0.25, -0.2) is 13.4 Å². The van der Waals surface area contributed by atoms with Gasteiger partial charge in [-0.3, -0.25) is 0 Å². The molecule has 0 bridgehead atoms. The van der Waals surface area contributed by atoms with Gasteiger partial charge in [0.25, 0.3) is 0 Å². The fourth-order valence-electron chi connectivity index (χ4n) is 2.66. The molecule has 1 aromatic carbocycles. The number of nitrogens with zero attached hydrogens (tertiary/aromatic N) is 4. The molecule has 25 heavy (non-hydrogen) atoms. The number of nitriles is 1. The SMILES string of the molecule is N#Cc1cccnc1N1CCN(S(=O)(=O)c2ccc(Cl)c(Cl)c2)CC1. The molecule has 1 fully saturated rings. The van der Waals surface area contributed by atoms with Crippen molar-refractivity contribution in [3.8, 4) is 6.07 Å². The molecule has 1 aliphatic heterocycles. The Labute approximate surface area is 156 Å². The fraction of sp³-hybridized carbons (Fsp3) is 0.250. The van der Waals surface area contributed by atoms with Gasteiger partial charge in [-0.15, -0.1) is 0 Å². The minimum atomic E-state index is -3.64. The molecule has 0 saturated carbocycles. The lowest BCUT2D eigenvalue weighted by Gasteiger charge is -2.35. The Morgan fingerprint density at radius 2 is 1.80 bits per heavy atom. The number of sulfonamides is 1. The number of pyridine rings is 1. The second-order valence-corrected chi connectivity index (χ2v) is 8.21. The lowest BCUT2D eigenvalue weighted by molar-refractivity contribution is 0.384. The highest BCUT2D eigenvalue weighted by molar-refractivity contribution is 7.89. The van der Waals surface area contributed by atoms with Gasteiger partial charge in [-0.1, -0.05) is 23.2 Å². The maximum Gasteiger partial charge on any atom is 0.243 e. The van der Waals surface area contributed by atoms with Gasteiger partial charge in [0, 0.05) is 32.4 Å². The number of anilines is 1. The van der Waals surface area contributed by atoms with Crippen LogP contribution in [-0.4, -0.2) is 43.9 Å². The molecule has 2 heterocycles. The van der Waals surface area contributed by atoms with Gasteiger partial charge in [-0.2, -0.15) is 9.57 Å². The van der Waals surface area contributed by atoms with Gasteiger partial charge in [0.2, 0.25) is 10.0 Å². The normalized spacial score (nSPS) is 15.8. The van der Waals surface area contributed by atoms with Crippen molar-refractivity contribution in [3.05, 3.63) is 52.1 Å². The molecule has 0 aliphatic carbocycles. The second-order valence-electron chi connectivity index (χ2n) is 5.45. The second kappa shape index (κ2) is 7.18. The summed E-state index contributed by atoms with van der Waals surface area (Å²) in [6.07, 6.45) is 1.62. The molecule has 6 nitrogen and oxygen atoms in total. The van der Waals surface area contributed by atoms with E-state index in [9.17, 15) is 13.7 Å². The van der Waals surface area contributed by atoms with Crippen LogP contribution in [0.2, 0.25) is 10.0 Å². The van der Waals surface area contributed by atoms with Crippen LogP contribution < -0.4 is 4.90 Å². The highest BCUT2D eigenvalue weighted by Gasteiger charge is 2.29. The molecular formula is C16H14Cl2N4O2S. The van der Waals surface area contributed by atoms with E-state index in [0.29, 0.717) is 42.6 Å². The largest absolute Gasteiger partial charge is 0.353 e. The van der Waals surface area contributed by atoms with Gasteiger partial charge in [0.05, 0.1) is 20.5 Å². The maximum atomic E-state index is 12.8. The predicted octanol–water partition coefficient (Wildman–Crippen LogP) is 2.77. The van der Waals surface area contributed by atoms with Crippen molar-refractivity contribution >= 4 is 39.0 Å². The monoisotopic (exact) mass is 396 g/mol. The minimum Gasteiger partial charge on any atom is -0.353 e. The molecule has 0 atom stereocenters. The molecule has 0 unspecified atom stereocenters. The number of benzene rings is 1. The Bertz CT molecular complexity index is 935. The number of rotatable bonds is 3. The van der Waals surface area contributed by atoms with Crippen LogP contribution in [0.25, 0.3) is 0 Å². The third kappa shape index (κ3) is 3.58. The predicted molar refractivity (Wildman–Crippen MR) is 96.4 cm³/mol. The Balaban J connectivity index is 1.77. The average molecular weight is 397 g/mol. The van der Waals surface area contributed by atoms with E-state index < -0.39 is 10.0 Å². The molecule has 1 aromatic heterocycles. The maximum absolute atomic E-state index is 12.8. The van der Waals surface area contributed by atoms with E-state index in [0.717, 1.165) is 0 Å². The van der Waals surface area contributed by atoms with Crippen molar-refractivity contribution in [2.45, 2.75) is 4.90 Å². The fourth-order valence-corrected chi connectivity index (χ4v) is 4.47. The number of hydrogen-bond donors (Lipinski definition) is 0. The summed E-state index contributed by atoms with van der Waals surface area (Å²) in [7, 11) is -3.64. The first-order chi connectivity index (χ1) is 11.9. The summed E-state index contributed by atoms with van der Waals surface area (Å²) < 4.78 is 26.9. The standard InChI is InChI=1S/C16H14Cl2N4O2S/c17-14-4-3-13(10-15(14)18)25(23,24)22-8-6-21(7-9-22)16-12(11-19)2-1-5-20-16/h1-5,10H,6-9H2. The Morgan fingerprint density at radius 3 is 2.44 bits per heavy atom. The van der Waals surface area contributed by atoms with E-state index in [4.69, 9.17) is 23.2 Å². The van der Waals surface area contributed by atoms with Crippen molar-refractivity contribution in [2.75, 3.05) is 31.1 Å². The summed E-state index contributed by atoms with van der Waals surface area (Å²) in [5.74, 6) is 0.580. The van der Waals surface area contributed by atoms with Crippen molar-refractivity contribution in [2.24, 2.45) is 0 Å². The molecule has 0 N–H and O–H groups in total. The van der Waals surface area contributed by atoms with Gasteiger partial charge in [-0.05, 0) is 30.3 Å². The quantitative estimate of drug-likeness (QED) is 0.796. The van der Waals surface area contributed by atoms with Gasteiger partial charge in [0.15, 0.2) is 0 Å². The Hall–Kier alpha value is -1.85. The van der Waals surface area contributed by atoms with Crippen LogP contribution in [0.3, 0.4) is 0 Å². The molecule has 0 amide bonds. The lowest BCUT2D eigenvalue weighted by Crippen LogP contribution is -2.49. The number of piperazine rings is 1. The number of halogens is 2. The highest BCUT2D eigenvalue weighted by atomic mass is 35.5. The first kappa shape index (κ1) is 18.0. The molecule has 3 rings (SSSR count). The summed E-state index contributed by atoms with van der Waals surface area (Å²) in [6.45, 7) is 1.49. The molecule has 0 radical (unpaired) electrons. The summed E-state index contributed by atoms with van der Waals surface area (Å²) >= 11 is 11.8. The van der Waals surface area contributed by atoms with Gasteiger partial charge in [0.1, 0.15) is 11.9 Å². The zero-order valence-electron chi connectivity index (χ0n) is 13.1. The van der Waals surface area contributed by atoms with Crippen LogP contribution in [0.5, 0.6) is 0 Å². The highest BCUT2D eigenvalue weighted by Crippen LogP contribution is 2.27. The third-order valence-electron chi connectivity index (χ3n) is 3.97. The zero-order chi connectivity index (χ0) is 18.0. The molecule has 2 aromatic rings. The van der Waals surface area contributed by atoms with Crippen LogP contribution in [-0.2, 0) is 10.0 Å². The first-order valence-electron chi connectivity index (χ1n) is 7.49. The van der Waals surface area contributed by atoms with Gasteiger partial charge >= 0.3 is 0 Å². The van der Waals surface area contributed by atoms with Crippen LogP contribution in [0.4, 0.5) is 5.82 Å². The van der Waals surface area contributed by atoms with Crippen LogP contribution in [0.1, 0.15) is 5.56 Å². The first-order valence-corrected chi connectivity index (χ1v) is 9.68. The van der Waals surface area contributed by atoms with E-state index in [1.807, 2.05) is 4.90 Å². The number of aromatic nitrogens is 1. The van der Waals surface area contributed by atoms with Crippen molar-refractivity contribution < 1.29 is 8.42 Å². The van der Waals surface area contributed by atoms with E-state index >= 15 is 0 Å². The van der Waals surface area contributed by atoms with Crippen molar-refractivity contribution in [1.82, 2.24) is 9.29 Å². The molecule has 130 valence electrons. The van der Waals surface area contributed by atoms with Crippen molar-refractivity contribution in [3.63, 3.8) is 0 Å². The minimum absolute atomic E-state index is 0.117. The topological polar surface area (TPSA) is 77.3 Å². The van der Waals surface area contributed by atoms with Crippen molar-refractivity contribution in [1.29, 1.82) is 5.26 Å².